The fourth-order valence-electron chi connectivity index (χ4n) is 2.37. The third kappa shape index (κ3) is 11.2. The lowest BCUT2D eigenvalue weighted by atomic mass is 10.0. The van der Waals surface area contributed by atoms with Crippen molar-refractivity contribution in [3.05, 3.63) is 12.2 Å². The van der Waals surface area contributed by atoms with E-state index in [1.54, 1.807) is 0 Å². The highest BCUT2D eigenvalue weighted by Crippen LogP contribution is 2.16. The summed E-state index contributed by atoms with van der Waals surface area (Å²) in [5.74, 6) is 0. The van der Waals surface area contributed by atoms with Gasteiger partial charge in [-0.1, -0.05) is 25.0 Å². The lowest BCUT2D eigenvalue weighted by Gasteiger charge is -2.18. The Morgan fingerprint density at radius 1 is 1.23 bits per heavy atom. The second-order valence-electron chi connectivity index (χ2n) is 5.46. The zero-order valence-corrected chi connectivity index (χ0v) is 14.9. The maximum atomic E-state index is 11.7. The van der Waals surface area contributed by atoms with E-state index in [2.05, 4.69) is 29.3 Å². The van der Waals surface area contributed by atoms with Crippen molar-refractivity contribution in [2.45, 2.75) is 63.9 Å². The summed E-state index contributed by atoms with van der Waals surface area (Å²) in [5, 5.41) is 2.81. The number of hydrogen-bond acceptors (Lipinski definition) is 4. The minimum Gasteiger partial charge on any atom is -0.446 e. The van der Waals surface area contributed by atoms with E-state index in [-0.39, 0.29) is 12.2 Å². The van der Waals surface area contributed by atoms with E-state index in [0.29, 0.717) is 13.2 Å². The largest absolute Gasteiger partial charge is 0.446 e. The van der Waals surface area contributed by atoms with Crippen LogP contribution in [0.15, 0.2) is 12.2 Å². The second-order valence-corrected chi connectivity index (χ2v) is 7.33. The third-order valence-electron chi connectivity index (χ3n) is 3.56. The molecule has 0 spiro atoms. The molecule has 0 aromatic rings. The number of ether oxygens (including phenoxy) is 1. The van der Waals surface area contributed by atoms with Gasteiger partial charge in [0.1, 0.15) is 6.10 Å². The van der Waals surface area contributed by atoms with Crippen LogP contribution in [0.4, 0.5) is 4.79 Å². The summed E-state index contributed by atoms with van der Waals surface area (Å²) in [6.45, 7) is 1.17. The molecule has 7 heteroatoms. The smallest absolute Gasteiger partial charge is 0.407 e. The van der Waals surface area contributed by atoms with Crippen molar-refractivity contribution in [1.82, 2.24) is 5.32 Å². The highest BCUT2D eigenvalue weighted by atomic mass is 32.4. The van der Waals surface area contributed by atoms with Crippen molar-refractivity contribution < 1.29 is 18.9 Å². The van der Waals surface area contributed by atoms with Gasteiger partial charge in [0.15, 0.2) is 7.15 Å². The van der Waals surface area contributed by atoms with Crippen molar-refractivity contribution in [2.24, 2.45) is 0 Å². The Morgan fingerprint density at radius 3 is 2.82 bits per heavy atom. The van der Waals surface area contributed by atoms with Gasteiger partial charge >= 0.3 is 6.09 Å². The molecule has 5 nitrogen and oxygen atoms in total. The number of alkyl carbamates (subject to hydrolysis) is 1. The van der Waals surface area contributed by atoms with Crippen LogP contribution in [0.5, 0.6) is 0 Å². The topological polar surface area (TPSA) is 67.8 Å². The minimum absolute atomic E-state index is 0.0509. The first-order valence-corrected chi connectivity index (χ1v) is 10.6. The SMILES string of the molecule is O=C(NCCCCCCO[PH](O)=S)OC1CC/C=C/CCC1. The lowest BCUT2D eigenvalue weighted by molar-refractivity contribution is 0.0863. The molecule has 0 aromatic carbocycles. The molecule has 2 N–H and O–H groups in total. The zero-order valence-electron chi connectivity index (χ0n) is 13.1. The molecule has 2 atom stereocenters. The monoisotopic (exact) mass is 349 g/mol. The molecule has 128 valence electrons. The Kier molecular flexibility index (Phi) is 11.6. The standard InChI is InChI=1S/C15H28NO4PS/c17-15(20-14-10-6-2-1-3-7-11-14)16-12-8-4-5-9-13-19-21(18)22/h1-2,14,21H,3-13H2,(H,16,17)(H,18,22)/b2-1+. The van der Waals surface area contributed by atoms with Gasteiger partial charge in [0.25, 0.3) is 0 Å². The predicted octanol–water partition coefficient (Wildman–Crippen LogP) is 3.68. The van der Waals surface area contributed by atoms with Crippen LogP contribution < -0.4 is 5.32 Å². The Hall–Kier alpha value is -0.420. The number of carbonyl (C=O) groups is 1. The molecule has 0 aliphatic heterocycles. The fourth-order valence-corrected chi connectivity index (χ4v) is 2.94. The van der Waals surface area contributed by atoms with Crippen molar-refractivity contribution >= 4 is 25.1 Å². The van der Waals surface area contributed by atoms with Crippen LogP contribution in [0.2, 0.25) is 0 Å². The molecule has 0 radical (unpaired) electrons. The summed E-state index contributed by atoms with van der Waals surface area (Å²) in [7, 11) is -1.96. The zero-order chi connectivity index (χ0) is 16.0. The average Bonchev–Trinajstić information content (AvgIpc) is 2.44. The molecule has 0 saturated carbocycles. The first-order chi connectivity index (χ1) is 10.7. The quantitative estimate of drug-likeness (QED) is 0.378. The van der Waals surface area contributed by atoms with Crippen LogP contribution in [-0.4, -0.2) is 30.2 Å². The highest BCUT2D eigenvalue weighted by molar-refractivity contribution is 8.00. The summed E-state index contributed by atoms with van der Waals surface area (Å²) in [5.41, 5.74) is 0. The fraction of sp³-hybridized carbons (Fsp3) is 0.800. The summed E-state index contributed by atoms with van der Waals surface area (Å²) in [6.07, 6.45) is 13.0. The molecule has 1 aliphatic rings. The van der Waals surface area contributed by atoms with Crippen LogP contribution in [0.25, 0.3) is 0 Å². The summed E-state index contributed by atoms with van der Waals surface area (Å²) in [6, 6.07) is 0. The highest BCUT2D eigenvalue weighted by Gasteiger charge is 2.14. The lowest BCUT2D eigenvalue weighted by Crippen LogP contribution is -2.30. The van der Waals surface area contributed by atoms with Gasteiger partial charge in [-0.05, 0) is 56.8 Å². The normalized spacial score (nSPS) is 21.4. The molecule has 1 aliphatic carbocycles. The molecule has 0 fully saturated rings. The maximum Gasteiger partial charge on any atom is 0.407 e. The van der Waals surface area contributed by atoms with Gasteiger partial charge < -0.3 is 19.5 Å². The van der Waals surface area contributed by atoms with Gasteiger partial charge in [0.2, 0.25) is 0 Å². The molecule has 1 amide bonds. The molecule has 0 heterocycles. The second kappa shape index (κ2) is 13.1. The van der Waals surface area contributed by atoms with E-state index >= 15 is 0 Å². The first-order valence-electron chi connectivity index (χ1n) is 8.13. The Bertz CT molecular complexity index is 365. The molecule has 2 unspecified atom stereocenters. The van der Waals surface area contributed by atoms with E-state index in [1.165, 1.54) is 0 Å². The van der Waals surface area contributed by atoms with Gasteiger partial charge in [0, 0.05) is 6.54 Å². The van der Waals surface area contributed by atoms with E-state index in [1.807, 2.05) is 0 Å². The van der Waals surface area contributed by atoms with Gasteiger partial charge in [-0.25, -0.2) is 4.79 Å². The van der Waals surface area contributed by atoms with Crippen molar-refractivity contribution in [1.29, 1.82) is 0 Å². The van der Waals surface area contributed by atoms with E-state index in [4.69, 9.17) is 14.2 Å². The minimum atomic E-state index is -1.96. The van der Waals surface area contributed by atoms with Crippen molar-refractivity contribution in [3.8, 4) is 0 Å². The van der Waals surface area contributed by atoms with Gasteiger partial charge in [-0.15, -0.1) is 0 Å². The Balaban J connectivity index is 1.96. The number of carbonyl (C=O) groups excluding carboxylic acids is 1. The van der Waals surface area contributed by atoms with Crippen molar-refractivity contribution in [2.75, 3.05) is 13.2 Å². The van der Waals surface area contributed by atoms with Crippen molar-refractivity contribution in [3.63, 3.8) is 0 Å². The molecule has 22 heavy (non-hydrogen) atoms. The van der Waals surface area contributed by atoms with Crippen LogP contribution in [-0.2, 0) is 21.1 Å². The Labute approximate surface area is 139 Å². The molecular weight excluding hydrogens is 321 g/mol. The van der Waals surface area contributed by atoms with Crippen LogP contribution in [0.3, 0.4) is 0 Å². The number of amides is 1. The van der Waals surface area contributed by atoms with E-state index in [9.17, 15) is 4.79 Å². The first kappa shape index (κ1) is 19.6. The summed E-state index contributed by atoms with van der Waals surface area (Å²) < 4.78 is 10.4. The predicted molar refractivity (Wildman–Crippen MR) is 92.8 cm³/mol. The molecule has 0 saturated heterocycles. The van der Waals surface area contributed by atoms with Gasteiger partial charge in [-0.2, -0.15) is 0 Å². The summed E-state index contributed by atoms with van der Waals surface area (Å²) >= 11 is 4.58. The van der Waals surface area contributed by atoms with E-state index in [0.717, 1.165) is 57.8 Å². The van der Waals surface area contributed by atoms with Gasteiger partial charge in [-0.3, -0.25) is 0 Å². The third-order valence-corrected chi connectivity index (χ3v) is 4.36. The molecular formula is C15H28NO4PS. The number of unbranched alkanes of at least 4 members (excludes halogenated alkanes) is 3. The van der Waals surface area contributed by atoms with Gasteiger partial charge in [0.05, 0.1) is 6.61 Å². The molecule has 0 bridgehead atoms. The van der Waals surface area contributed by atoms with Crippen LogP contribution in [0, 0.1) is 0 Å². The number of hydrogen-bond donors (Lipinski definition) is 2. The number of nitrogens with one attached hydrogen (secondary N) is 1. The average molecular weight is 349 g/mol. The van der Waals surface area contributed by atoms with E-state index < -0.39 is 7.15 Å². The number of allylic oxidation sites excluding steroid dienone is 2. The van der Waals surface area contributed by atoms with Crippen LogP contribution >= 0.6 is 7.15 Å². The van der Waals surface area contributed by atoms with Crippen LogP contribution in [0.1, 0.15) is 57.8 Å². The number of rotatable bonds is 9. The summed E-state index contributed by atoms with van der Waals surface area (Å²) in [4.78, 5) is 20.6. The Morgan fingerprint density at radius 2 is 2.00 bits per heavy atom. The molecule has 1 rings (SSSR count). The molecule has 0 aromatic heterocycles. The maximum absolute atomic E-state index is 11.7.